The summed E-state index contributed by atoms with van der Waals surface area (Å²) in [5.41, 5.74) is 2.62. The molecule has 0 aliphatic carbocycles. The summed E-state index contributed by atoms with van der Waals surface area (Å²) in [5.74, 6) is 2.00. The molecule has 1 aliphatic heterocycles. The molecule has 1 amide bonds. The van der Waals surface area contributed by atoms with Crippen LogP contribution in [0.4, 0.5) is 5.82 Å². The van der Waals surface area contributed by atoms with Gasteiger partial charge in [0.1, 0.15) is 17.1 Å². The van der Waals surface area contributed by atoms with Crippen molar-refractivity contribution in [3.05, 3.63) is 40.9 Å². The number of hydrogen-bond donors (Lipinski definition) is 1. The Morgan fingerprint density at radius 3 is 2.96 bits per heavy atom. The molecule has 1 atom stereocenters. The number of anilines is 1. The fraction of sp³-hybridized carbons (Fsp3) is 0.526. The van der Waals surface area contributed by atoms with Crippen molar-refractivity contribution in [1.82, 2.24) is 15.0 Å². The molecule has 0 radical (unpaired) electrons. The van der Waals surface area contributed by atoms with Gasteiger partial charge in [-0.15, -0.1) is 0 Å². The Hall–Kier alpha value is -2.37. The van der Waals surface area contributed by atoms with Gasteiger partial charge < -0.3 is 14.7 Å². The number of pyridine rings is 1. The third-order valence-corrected chi connectivity index (χ3v) is 4.87. The Kier molecular flexibility index (Phi) is 5.06. The number of rotatable bonds is 4. The largest absolute Gasteiger partial charge is 0.373 e. The predicted molar refractivity (Wildman–Crippen MR) is 97.0 cm³/mol. The molecule has 25 heavy (non-hydrogen) atoms. The zero-order valence-electron chi connectivity index (χ0n) is 15.4. The number of likely N-dealkylation sites (tertiary alicyclic amines) is 1. The molecule has 0 aromatic carbocycles. The van der Waals surface area contributed by atoms with E-state index < -0.39 is 0 Å². The van der Waals surface area contributed by atoms with Gasteiger partial charge in [-0.2, -0.15) is 0 Å². The smallest absolute Gasteiger partial charge is 0.259 e. The third kappa shape index (κ3) is 3.52. The van der Waals surface area contributed by atoms with Crippen LogP contribution < -0.4 is 5.32 Å². The number of nitrogens with one attached hydrogen (secondary N) is 1. The van der Waals surface area contributed by atoms with E-state index in [1.165, 1.54) is 5.56 Å². The van der Waals surface area contributed by atoms with Crippen LogP contribution in [0.2, 0.25) is 0 Å². The minimum atomic E-state index is 0.0371. The zero-order valence-corrected chi connectivity index (χ0v) is 15.4. The van der Waals surface area contributed by atoms with Gasteiger partial charge in [-0.1, -0.05) is 19.0 Å². The summed E-state index contributed by atoms with van der Waals surface area (Å²) >= 11 is 0. The van der Waals surface area contributed by atoms with E-state index in [-0.39, 0.29) is 11.8 Å². The first-order valence-corrected chi connectivity index (χ1v) is 8.90. The average molecular weight is 342 g/mol. The molecule has 1 N–H and O–H groups in total. The van der Waals surface area contributed by atoms with E-state index in [0.717, 1.165) is 30.9 Å². The van der Waals surface area contributed by atoms with Gasteiger partial charge in [0, 0.05) is 32.3 Å². The standard InChI is InChI=1S/C19H26N4O2/c1-12(2)18-17(13(3)25-22-18)19(24)23-9-5-6-15(11-23)14-7-8-21-16(10-14)20-4/h7-8,10,12,15H,5-6,9,11H2,1-4H3,(H,20,21)/t15-/m1/s1. The molecular weight excluding hydrogens is 316 g/mol. The second-order valence-electron chi connectivity index (χ2n) is 6.97. The van der Waals surface area contributed by atoms with Crippen molar-refractivity contribution in [3.8, 4) is 0 Å². The Bertz CT molecular complexity index is 754. The lowest BCUT2D eigenvalue weighted by Crippen LogP contribution is -2.39. The zero-order chi connectivity index (χ0) is 18.0. The van der Waals surface area contributed by atoms with Crippen LogP contribution in [-0.4, -0.2) is 41.1 Å². The number of hydrogen-bond acceptors (Lipinski definition) is 5. The van der Waals surface area contributed by atoms with Crippen molar-refractivity contribution < 1.29 is 9.32 Å². The second kappa shape index (κ2) is 7.25. The first-order valence-electron chi connectivity index (χ1n) is 8.90. The SMILES string of the molecule is CNc1cc([C@@H]2CCCN(C(=O)c3c(C(C)C)noc3C)C2)ccn1. The molecule has 1 saturated heterocycles. The van der Waals surface area contributed by atoms with Gasteiger partial charge in [-0.3, -0.25) is 4.79 Å². The van der Waals surface area contributed by atoms with Crippen molar-refractivity contribution in [2.75, 3.05) is 25.5 Å². The van der Waals surface area contributed by atoms with E-state index in [0.29, 0.717) is 23.8 Å². The van der Waals surface area contributed by atoms with Gasteiger partial charge in [0.05, 0.1) is 5.69 Å². The summed E-state index contributed by atoms with van der Waals surface area (Å²) in [6, 6.07) is 4.12. The van der Waals surface area contributed by atoms with Crippen molar-refractivity contribution in [2.24, 2.45) is 0 Å². The van der Waals surface area contributed by atoms with E-state index >= 15 is 0 Å². The highest BCUT2D eigenvalue weighted by atomic mass is 16.5. The van der Waals surface area contributed by atoms with Gasteiger partial charge >= 0.3 is 0 Å². The van der Waals surface area contributed by atoms with Crippen LogP contribution in [0.25, 0.3) is 0 Å². The second-order valence-corrected chi connectivity index (χ2v) is 6.97. The number of aromatic nitrogens is 2. The van der Waals surface area contributed by atoms with Crippen LogP contribution in [-0.2, 0) is 0 Å². The highest BCUT2D eigenvalue weighted by Gasteiger charge is 2.30. The highest BCUT2D eigenvalue weighted by Crippen LogP contribution is 2.30. The Labute approximate surface area is 148 Å². The molecule has 2 aromatic rings. The minimum Gasteiger partial charge on any atom is -0.373 e. The summed E-state index contributed by atoms with van der Waals surface area (Å²) in [5, 5.41) is 7.17. The average Bonchev–Trinajstić information content (AvgIpc) is 3.03. The molecule has 134 valence electrons. The van der Waals surface area contributed by atoms with E-state index in [4.69, 9.17) is 4.52 Å². The topological polar surface area (TPSA) is 71.3 Å². The molecule has 2 aromatic heterocycles. The van der Waals surface area contributed by atoms with E-state index in [2.05, 4.69) is 21.5 Å². The monoisotopic (exact) mass is 342 g/mol. The fourth-order valence-electron chi connectivity index (χ4n) is 3.47. The van der Waals surface area contributed by atoms with Gasteiger partial charge in [-0.05, 0) is 43.4 Å². The number of piperidine rings is 1. The normalized spacial score (nSPS) is 17.8. The molecule has 6 heteroatoms. The van der Waals surface area contributed by atoms with Crippen molar-refractivity contribution in [3.63, 3.8) is 0 Å². The third-order valence-electron chi connectivity index (χ3n) is 4.87. The molecule has 0 saturated carbocycles. The van der Waals surface area contributed by atoms with Crippen LogP contribution >= 0.6 is 0 Å². The summed E-state index contributed by atoms with van der Waals surface area (Å²) < 4.78 is 5.30. The Morgan fingerprint density at radius 1 is 1.44 bits per heavy atom. The predicted octanol–water partition coefficient (Wildman–Crippen LogP) is 3.56. The van der Waals surface area contributed by atoms with Crippen molar-refractivity contribution in [1.29, 1.82) is 0 Å². The lowest BCUT2D eigenvalue weighted by atomic mass is 9.90. The van der Waals surface area contributed by atoms with Gasteiger partial charge in [0.25, 0.3) is 5.91 Å². The number of carbonyl (C=O) groups is 1. The van der Waals surface area contributed by atoms with Crippen LogP contribution in [0, 0.1) is 6.92 Å². The van der Waals surface area contributed by atoms with E-state index in [1.54, 1.807) is 0 Å². The maximum absolute atomic E-state index is 13.1. The molecule has 0 bridgehead atoms. The lowest BCUT2D eigenvalue weighted by molar-refractivity contribution is 0.0704. The van der Waals surface area contributed by atoms with Crippen LogP contribution in [0.15, 0.2) is 22.9 Å². The van der Waals surface area contributed by atoms with E-state index in [9.17, 15) is 4.79 Å². The summed E-state index contributed by atoms with van der Waals surface area (Å²) in [6.45, 7) is 7.37. The Balaban J connectivity index is 1.81. The first kappa shape index (κ1) is 17.5. The van der Waals surface area contributed by atoms with Crippen LogP contribution in [0.5, 0.6) is 0 Å². The molecular formula is C19H26N4O2. The molecule has 3 heterocycles. The fourth-order valence-corrected chi connectivity index (χ4v) is 3.47. The Morgan fingerprint density at radius 2 is 2.24 bits per heavy atom. The number of aryl methyl sites for hydroxylation is 1. The molecule has 0 spiro atoms. The van der Waals surface area contributed by atoms with Crippen LogP contribution in [0.3, 0.4) is 0 Å². The van der Waals surface area contributed by atoms with Crippen molar-refractivity contribution >= 4 is 11.7 Å². The minimum absolute atomic E-state index is 0.0371. The summed E-state index contributed by atoms with van der Waals surface area (Å²) in [4.78, 5) is 19.3. The van der Waals surface area contributed by atoms with Crippen LogP contribution in [0.1, 0.15) is 65.9 Å². The maximum Gasteiger partial charge on any atom is 0.259 e. The quantitative estimate of drug-likeness (QED) is 0.920. The lowest BCUT2D eigenvalue weighted by Gasteiger charge is -2.33. The number of carbonyl (C=O) groups excluding carboxylic acids is 1. The van der Waals surface area contributed by atoms with Gasteiger partial charge in [0.2, 0.25) is 0 Å². The molecule has 3 rings (SSSR count). The maximum atomic E-state index is 13.1. The molecule has 6 nitrogen and oxygen atoms in total. The molecule has 1 aliphatic rings. The number of amides is 1. The highest BCUT2D eigenvalue weighted by molar-refractivity contribution is 5.96. The summed E-state index contributed by atoms with van der Waals surface area (Å²) in [6.07, 6.45) is 3.90. The first-order chi connectivity index (χ1) is 12.0. The molecule has 0 unspecified atom stereocenters. The summed E-state index contributed by atoms with van der Waals surface area (Å²) in [7, 11) is 1.87. The van der Waals surface area contributed by atoms with E-state index in [1.807, 2.05) is 45.0 Å². The van der Waals surface area contributed by atoms with Gasteiger partial charge in [0.15, 0.2) is 0 Å². The molecule has 1 fully saturated rings. The van der Waals surface area contributed by atoms with Gasteiger partial charge in [-0.25, -0.2) is 4.98 Å². The number of nitrogens with zero attached hydrogens (tertiary/aromatic N) is 3. The van der Waals surface area contributed by atoms with Crippen molar-refractivity contribution in [2.45, 2.75) is 45.4 Å².